The average molecular weight is 134 g/mol. The molecule has 48 valence electrons. The molecule has 0 bridgehead atoms. The van der Waals surface area contributed by atoms with Gasteiger partial charge in [-0.3, -0.25) is 0 Å². The van der Waals surface area contributed by atoms with Crippen LogP contribution in [0.1, 0.15) is 0 Å². The Bertz CT molecular complexity index is 247. The van der Waals surface area contributed by atoms with Gasteiger partial charge in [-0.05, 0) is 0 Å². The molecule has 4 heteroatoms. The molecule has 1 heterocycles. The van der Waals surface area contributed by atoms with E-state index in [-0.39, 0.29) is 5.57 Å². The van der Waals surface area contributed by atoms with Crippen molar-refractivity contribution in [2.75, 3.05) is 0 Å². The summed E-state index contributed by atoms with van der Waals surface area (Å²) >= 11 is 0. The molecule has 1 aliphatic heterocycles. The van der Waals surface area contributed by atoms with E-state index in [0.29, 0.717) is 5.82 Å². The van der Waals surface area contributed by atoms with Crippen LogP contribution in [0.4, 0.5) is 0 Å². The van der Waals surface area contributed by atoms with Crippen LogP contribution in [0.25, 0.3) is 0 Å². The SMILES string of the molecule is [NH+]#CC(C#[NH+])=C1NC=CN1. The summed E-state index contributed by atoms with van der Waals surface area (Å²) < 4.78 is 0. The monoisotopic (exact) mass is 134 g/mol. The van der Waals surface area contributed by atoms with Gasteiger partial charge in [-0.25, -0.2) is 0 Å². The van der Waals surface area contributed by atoms with Gasteiger partial charge < -0.3 is 10.6 Å². The Morgan fingerprint density at radius 3 is 2.10 bits per heavy atom. The van der Waals surface area contributed by atoms with E-state index in [1.54, 1.807) is 12.4 Å². The molecule has 0 aromatic carbocycles. The van der Waals surface area contributed by atoms with Gasteiger partial charge >= 0.3 is 12.1 Å². The third kappa shape index (κ3) is 0.910. The molecule has 0 amide bonds. The first kappa shape index (κ1) is 6.18. The molecule has 1 rings (SSSR count). The fraction of sp³-hybridized carbons (Fsp3) is 0. The van der Waals surface area contributed by atoms with E-state index in [0.717, 1.165) is 0 Å². The van der Waals surface area contributed by atoms with Crippen LogP contribution in [0.5, 0.6) is 0 Å². The molecule has 0 saturated carbocycles. The zero-order valence-corrected chi connectivity index (χ0v) is 5.15. The highest BCUT2D eigenvalue weighted by atomic mass is 15.1. The third-order valence-corrected chi connectivity index (χ3v) is 1.04. The summed E-state index contributed by atoms with van der Waals surface area (Å²) in [5.41, 5.74) is 0.282. The van der Waals surface area contributed by atoms with E-state index in [2.05, 4.69) is 22.8 Å². The fourth-order valence-corrected chi connectivity index (χ4v) is 0.592. The van der Waals surface area contributed by atoms with E-state index < -0.39 is 0 Å². The first-order valence-corrected chi connectivity index (χ1v) is 2.66. The summed E-state index contributed by atoms with van der Waals surface area (Å²) in [5.74, 6) is 0.574. The Balaban J connectivity index is 2.88. The lowest BCUT2D eigenvalue weighted by atomic mass is 10.3. The average Bonchev–Trinajstić information content (AvgIpc) is 2.43. The van der Waals surface area contributed by atoms with Gasteiger partial charge in [-0.1, -0.05) is 10.5 Å². The lowest BCUT2D eigenvalue weighted by Crippen LogP contribution is -2.25. The van der Waals surface area contributed by atoms with Crippen molar-refractivity contribution >= 4 is 0 Å². The molecule has 0 atom stereocenters. The number of rotatable bonds is 0. The molecule has 4 N–H and O–H groups in total. The van der Waals surface area contributed by atoms with Gasteiger partial charge in [-0.15, -0.1) is 0 Å². The minimum absolute atomic E-state index is 0.282. The van der Waals surface area contributed by atoms with Crippen LogP contribution < -0.4 is 21.2 Å². The van der Waals surface area contributed by atoms with Crippen LogP contribution in [0.3, 0.4) is 0 Å². The molecule has 0 fully saturated rings. The molecule has 4 nitrogen and oxygen atoms in total. The topological polar surface area (TPSA) is 71.7 Å². The van der Waals surface area contributed by atoms with Crippen molar-refractivity contribution in [3.05, 3.63) is 23.8 Å². The van der Waals surface area contributed by atoms with Crippen LogP contribution in [-0.2, 0) is 0 Å². The smallest absolute Gasteiger partial charge is 0.328 e. The first-order valence-electron chi connectivity index (χ1n) is 2.66. The predicted molar refractivity (Wildman–Crippen MR) is 32.1 cm³/mol. The lowest BCUT2D eigenvalue weighted by Gasteiger charge is -1.92. The van der Waals surface area contributed by atoms with Crippen molar-refractivity contribution in [1.29, 1.82) is 0 Å². The van der Waals surface area contributed by atoms with E-state index >= 15 is 0 Å². The molecule has 0 aliphatic carbocycles. The highest BCUT2D eigenvalue weighted by Gasteiger charge is 2.11. The van der Waals surface area contributed by atoms with E-state index in [1.165, 1.54) is 0 Å². The van der Waals surface area contributed by atoms with Crippen molar-refractivity contribution in [2.45, 2.75) is 0 Å². The number of hydrogen-bond donors (Lipinski definition) is 4. The number of hydrogen-bond acceptors (Lipinski definition) is 2. The zero-order valence-electron chi connectivity index (χ0n) is 5.15. The Labute approximate surface area is 58.1 Å². The third-order valence-electron chi connectivity index (χ3n) is 1.04. The van der Waals surface area contributed by atoms with Crippen molar-refractivity contribution in [1.82, 2.24) is 10.6 Å². The van der Waals surface area contributed by atoms with Crippen LogP contribution in [-0.4, -0.2) is 0 Å². The maximum Gasteiger partial charge on any atom is 0.328 e. The van der Waals surface area contributed by atoms with Crippen molar-refractivity contribution in [3.8, 4) is 12.1 Å². The summed E-state index contributed by atoms with van der Waals surface area (Å²) in [4.78, 5) is 0. The molecule has 0 radical (unpaired) electrons. The quantitative estimate of drug-likeness (QED) is 0.259. The summed E-state index contributed by atoms with van der Waals surface area (Å²) in [7, 11) is 0. The van der Waals surface area contributed by atoms with Gasteiger partial charge in [0.15, 0.2) is 0 Å². The maximum absolute atomic E-state index is 6.73. The predicted octanol–water partition coefficient (Wildman–Crippen LogP) is -3.59. The molecule has 0 unspecified atom stereocenters. The van der Waals surface area contributed by atoms with Gasteiger partial charge in [0.05, 0.1) is 0 Å². The minimum Gasteiger partial charge on any atom is -0.345 e. The molecule has 10 heavy (non-hydrogen) atoms. The van der Waals surface area contributed by atoms with E-state index in [1.807, 2.05) is 0 Å². The standard InChI is InChI=1S/C6H4N4/c7-3-5(4-8)6-9-1-2-10-6/h1-2,9-10H/p+2. The van der Waals surface area contributed by atoms with Crippen LogP contribution in [0.2, 0.25) is 0 Å². The van der Waals surface area contributed by atoms with E-state index in [4.69, 9.17) is 10.5 Å². The van der Waals surface area contributed by atoms with Crippen LogP contribution >= 0.6 is 0 Å². The second-order valence-corrected chi connectivity index (χ2v) is 1.62. The minimum atomic E-state index is 0.282. The summed E-state index contributed by atoms with van der Waals surface area (Å²) in [5, 5.41) is 19.0. The Morgan fingerprint density at radius 1 is 1.20 bits per heavy atom. The van der Waals surface area contributed by atoms with Gasteiger partial charge in [0.2, 0.25) is 0 Å². The van der Waals surface area contributed by atoms with Gasteiger partial charge in [0.1, 0.15) is 5.82 Å². The fourth-order valence-electron chi connectivity index (χ4n) is 0.592. The number of allylic oxidation sites excluding steroid dienone is 1. The molecular formula is C6H6N4+2. The molecule has 0 saturated heterocycles. The lowest BCUT2D eigenvalue weighted by molar-refractivity contribution is -0.0972. The van der Waals surface area contributed by atoms with Gasteiger partial charge in [0.25, 0.3) is 5.57 Å². The summed E-state index contributed by atoms with van der Waals surface area (Å²) in [6.07, 6.45) is 3.34. The molecule has 0 aromatic rings. The molecule has 0 spiro atoms. The normalized spacial score (nSPS) is 12.8. The largest absolute Gasteiger partial charge is 0.345 e. The van der Waals surface area contributed by atoms with E-state index in [9.17, 15) is 0 Å². The first-order chi connectivity index (χ1) is 4.88. The second-order valence-electron chi connectivity index (χ2n) is 1.62. The highest BCUT2D eigenvalue weighted by molar-refractivity contribution is 5.39. The van der Waals surface area contributed by atoms with Gasteiger partial charge in [0, 0.05) is 12.4 Å². The summed E-state index contributed by atoms with van der Waals surface area (Å²) in [6.45, 7) is 0. The number of nitrogens with one attached hydrogen (secondary N) is 4. The van der Waals surface area contributed by atoms with Crippen molar-refractivity contribution < 1.29 is 10.5 Å². The zero-order chi connectivity index (χ0) is 7.40. The Kier molecular flexibility index (Phi) is 1.58. The Hall–Kier alpha value is -1.94. The van der Waals surface area contributed by atoms with Crippen molar-refractivity contribution in [2.24, 2.45) is 0 Å². The van der Waals surface area contributed by atoms with Crippen molar-refractivity contribution in [3.63, 3.8) is 0 Å². The molecule has 0 aromatic heterocycles. The maximum atomic E-state index is 6.73. The molecule has 1 aliphatic rings. The molecular weight excluding hydrogens is 128 g/mol. The van der Waals surface area contributed by atoms with Gasteiger partial charge in [-0.2, -0.15) is 0 Å². The summed E-state index contributed by atoms with van der Waals surface area (Å²) in [6, 6.07) is 4.12. The van der Waals surface area contributed by atoms with Crippen LogP contribution in [0.15, 0.2) is 23.8 Å². The highest BCUT2D eigenvalue weighted by Crippen LogP contribution is 1.97. The Morgan fingerprint density at radius 2 is 1.70 bits per heavy atom. The van der Waals surface area contributed by atoms with Crippen LogP contribution in [0, 0.1) is 12.1 Å². The second kappa shape index (κ2) is 2.56.